The zero-order chi connectivity index (χ0) is 18.9. The molecule has 0 amide bonds. The number of thioether (sulfide) groups is 1. The van der Waals surface area contributed by atoms with Crippen molar-refractivity contribution in [2.24, 2.45) is 0 Å². The van der Waals surface area contributed by atoms with Crippen molar-refractivity contribution in [3.8, 4) is 0 Å². The van der Waals surface area contributed by atoms with Gasteiger partial charge in [0.05, 0.1) is 12.7 Å². The fourth-order valence-electron chi connectivity index (χ4n) is 2.30. The van der Waals surface area contributed by atoms with Crippen LogP contribution < -0.4 is 10.6 Å². The molecule has 26 heavy (non-hydrogen) atoms. The number of hydrogen-bond donors (Lipinski definition) is 2. The van der Waals surface area contributed by atoms with Gasteiger partial charge in [-0.1, -0.05) is 24.3 Å². The molecule has 0 unspecified atom stereocenters. The summed E-state index contributed by atoms with van der Waals surface area (Å²) in [5.41, 5.74) is 2.73. The number of ether oxygens (including phenoxy) is 1. The SMILES string of the molecule is COC(=O)c1cccc(NC(=S)NCCSCc2ccccc2F)c1C. The summed E-state index contributed by atoms with van der Waals surface area (Å²) in [6.45, 7) is 2.49. The highest BCUT2D eigenvalue weighted by atomic mass is 32.2. The standard InChI is InChI=1S/C19H21FN2O2S2/c1-13-15(18(23)24-2)7-5-9-17(13)22-19(25)21-10-11-26-12-14-6-3-4-8-16(14)20/h3-9H,10-12H2,1-2H3,(H2,21,22,25). The van der Waals surface area contributed by atoms with Gasteiger partial charge in [0.25, 0.3) is 0 Å². The van der Waals surface area contributed by atoms with Gasteiger partial charge in [0.15, 0.2) is 5.11 Å². The summed E-state index contributed by atoms with van der Waals surface area (Å²) in [6, 6.07) is 12.1. The quantitative estimate of drug-likeness (QED) is 0.420. The minimum absolute atomic E-state index is 0.175. The lowest BCUT2D eigenvalue weighted by atomic mass is 10.1. The van der Waals surface area contributed by atoms with Crippen molar-refractivity contribution in [3.05, 3.63) is 65.0 Å². The molecule has 0 spiro atoms. The van der Waals surface area contributed by atoms with Gasteiger partial charge < -0.3 is 15.4 Å². The number of benzene rings is 2. The molecule has 138 valence electrons. The van der Waals surface area contributed by atoms with Crippen LogP contribution in [0.1, 0.15) is 21.5 Å². The summed E-state index contributed by atoms with van der Waals surface area (Å²) < 4.78 is 18.3. The van der Waals surface area contributed by atoms with Crippen LogP contribution in [-0.2, 0) is 10.5 Å². The number of thiocarbonyl (C=S) groups is 1. The highest BCUT2D eigenvalue weighted by Crippen LogP contribution is 2.19. The molecule has 0 atom stereocenters. The van der Waals surface area contributed by atoms with Crippen LogP contribution in [0.15, 0.2) is 42.5 Å². The average molecular weight is 393 g/mol. The van der Waals surface area contributed by atoms with Crippen LogP contribution in [0.25, 0.3) is 0 Å². The van der Waals surface area contributed by atoms with E-state index in [9.17, 15) is 9.18 Å². The van der Waals surface area contributed by atoms with Crippen molar-refractivity contribution >= 4 is 40.7 Å². The van der Waals surface area contributed by atoms with Crippen LogP contribution >= 0.6 is 24.0 Å². The maximum atomic E-state index is 13.5. The van der Waals surface area contributed by atoms with Gasteiger partial charge in [-0.25, -0.2) is 9.18 Å². The lowest BCUT2D eigenvalue weighted by Crippen LogP contribution is -2.30. The predicted molar refractivity (Wildman–Crippen MR) is 109 cm³/mol. The Morgan fingerprint density at radius 3 is 2.73 bits per heavy atom. The Balaban J connectivity index is 1.77. The summed E-state index contributed by atoms with van der Waals surface area (Å²) >= 11 is 6.92. The van der Waals surface area contributed by atoms with E-state index in [1.54, 1.807) is 36.0 Å². The predicted octanol–water partition coefficient (Wildman–Crippen LogP) is 4.14. The summed E-state index contributed by atoms with van der Waals surface area (Å²) in [7, 11) is 1.35. The van der Waals surface area contributed by atoms with Crippen molar-refractivity contribution in [2.45, 2.75) is 12.7 Å². The van der Waals surface area contributed by atoms with Gasteiger partial charge >= 0.3 is 5.97 Å². The number of rotatable bonds is 7. The van der Waals surface area contributed by atoms with Gasteiger partial charge in [0.1, 0.15) is 5.82 Å². The number of methoxy groups -OCH3 is 1. The molecule has 0 aliphatic rings. The van der Waals surface area contributed by atoms with Gasteiger partial charge in [-0.05, 0) is 48.5 Å². The molecule has 0 aliphatic carbocycles. The minimum atomic E-state index is -0.380. The first kappa shape index (κ1) is 20.2. The van der Waals surface area contributed by atoms with E-state index in [1.165, 1.54) is 13.2 Å². The van der Waals surface area contributed by atoms with Crippen molar-refractivity contribution in [3.63, 3.8) is 0 Å². The number of halogens is 1. The maximum Gasteiger partial charge on any atom is 0.338 e. The van der Waals surface area contributed by atoms with E-state index in [0.29, 0.717) is 28.5 Å². The van der Waals surface area contributed by atoms with Crippen molar-refractivity contribution in [1.29, 1.82) is 0 Å². The van der Waals surface area contributed by atoms with Crippen LogP contribution in [0.3, 0.4) is 0 Å². The fraction of sp³-hybridized carbons (Fsp3) is 0.263. The van der Waals surface area contributed by atoms with Gasteiger partial charge in [0, 0.05) is 23.7 Å². The third-order valence-electron chi connectivity index (χ3n) is 3.73. The maximum absolute atomic E-state index is 13.5. The van der Waals surface area contributed by atoms with Crippen molar-refractivity contribution in [1.82, 2.24) is 5.32 Å². The Morgan fingerprint density at radius 2 is 2.00 bits per heavy atom. The molecule has 2 aromatic rings. The number of hydrogen-bond acceptors (Lipinski definition) is 4. The summed E-state index contributed by atoms with van der Waals surface area (Å²) in [5.74, 6) is 0.854. The lowest BCUT2D eigenvalue weighted by molar-refractivity contribution is 0.0600. The number of carbonyl (C=O) groups excluding carboxylic acids is 1. The van der Waals surface area contributed by atoms with Gasteiger partial charge in [-0.3, -0.25) is 0 Å². The third kappa shape index (κ3) is 5.71. The number of carbonyl (C=O) groups is 1. The first-order chi connectivity index (χ1) is 12.5. The highest BCUT2D eigenvalue weighted by Gasteiger charge is 2.12. The third-order valence-corrected chi connectivity index (χ3v) is 4.99. The van der Waals surface area contributed by atoms with Crippen LogP contribution in [0.2, 0.25) is 0 Å². The first-order valence-corrected chi connectivity index (χ1v) is 9.63. The molecular formula is C19H21FN2O2S2. The second-order valence-corrected chi connectivity index (χ2v) is 7.01. The molecule has 0 radical (unpaired) electrons. The zero-order valence-corrected chi connectivity index (χ0v) is 16.3. The van der Waals surface area contributed by atoms with Crippen LogP contribution in [0, 0.1) is 12.7 Å². The van der Waals surface area contributed by atoms with E-state index in [4.69, 9.17) is 17.0 Å². The van der Waals surface area contributed by atoms with E-state index in [0.717, 1.165) is 17.0 Å². The molecule has 0 bridgehead atoms. The monoisotopic (exact) mass is 392 g/mol. The lowest BCUT2D eigenvalue weighted by Gasteiger charge is -2.14. The molecular weight excluding hydrogens is 371 g/mol. The van der Waals surface area contributed by atoms with E-state index in [2.05, 4.69) is 10.6 Å². The number of nitrogens with one attached hydrogen (secondary N) is 2. The molecule has 4 nitrogen and oxygen atoms in total. The normalized spacial score (nSPS) is 10.3. The molecule has 2 aromatic carbocycles. The fourth-order valence-corrected chi connectivity index (χ4v) is 3.36. The molecule has 0 aliphatic heterocycles. The number of anilines is 1. The van der Waals surface area contributed by atoms with Crippen molar-refractivity contribution < 1.29 is 13.9 Å². The topological polar surface area (TPSA) is 50.4 Å². The molecule has 7 heteroatoms. The Morgan fingerprint density at radius 1 is 1.23 bits per heavy atom. The van der Waals surface area contributed by atoms with Crippen molar-refractivity contribution in [2.75, 3.05) is 24.7 Å². The Hall–Kier alpha value is -2.12. The van der Waals surface area contributed by atoms with E-state index >= 15 is 0 Å². The Labute approximate surface area is 162 Å². The smallest absolute Gasteiger partial charge is 0.338 e. The zero-order valence-electron chi connectivity index (χ0n) is 14.7. The Kier molecular flexibility index (Phi) is 7.87. The summed E-state index contributed by atoms with van der Waals surface area (Å²) in [4.78, 5) is 11.7. The van der Waals surface area contributed by atoms with E-state index < -0.39 is 0 Å². The van der Waals surface area contributed by atoms with Gasteiger partial charge in [-0.2, -0.15) is 11.8 Å². The molecule has 0 fully saturated rings. The molecule has 0 saturated heterocycles. The number of esters is 1. The van der Waals surface area contributed by atoms with Crippen LogP contribution in [0.5, 0.6) is 0 Å². The molecule has 2 N–H and O–H groups in total. The highest BCUT2D eigenvalue weighted by molar-refractivity contribution is 7.98. The molecule has 0 saturated carbocycles. The van der Waals surface area contributed by atoms with Crippen LogP contribution in [-0.4, -0.2) is 30.5 Å². The second kappa shape index (κ2) is 10.1. The van der Waals surface area contributed by atoms with Gasteiger partial charge in [0.2, 0.25) is 0 Å². The minimum Gasteiger partial charge on any atom is -0.465 e. The van der Waals surface area contributed by atoms with E-state index in [1.807, 2.05) is 19.1 Å². The second-order valence-electron chi connectivity index (χ2n) is 5.49. The Bertz CT molecular complexity index is 784. The van der Waals surface area contributed by atoms with E-state index in [-0.39, 0.29) is 11.8 Å². The van der Waals surface area contributed by atoms with Gasteiger partial charge in [-0.15, -0.1) is 0 Å². The molecule has 0 aromatic heterocycles. The molecule has 2 rings (SSSR count). The summed E-state index contributed by atoms with van der Waals surface area (Å²) in [5, 5.41) is 6.68. The largest absolute Gasteiger partial charge is 0.465 e. The molecule has 0 heterocycles. The summed E-state index contributed by atoms with van der Waals surface area (Å²) in [6.07, 6.45) is 0. The average Bonchev–Trinajstić information content (AvgIpc) is 2.64. The van der Waals surface area contributed by atoms with Crippen LogP contribution in [0.4, 0.5) is 10.1 Å². The first-order valence-electron chi connectivity index (χ1n) is 8.07.